The smallest absolute Gasteiger partial charge is 0.434 e. The zero-order valence-electron chi connectivity index (χ0n) is 11.3. The molecule has 0 radical (unpaired) electrons. The lowest BCUT2D eigenvalue weighted by Gasteiger charge is -2.26. The van der Waals surface area contributed by atoms with E-state index < -0.39 is 30.2 Å². The van der Waals surface area contributed by atoms with Gasteiger partial charge in [0.25, 0.3) is 6.10 Å². The highest BCUT2D eigenvalue weighted by Crippen LogP contribution is 2.38. The maximum atomic E-state index is 12.5. The van der Waals surface area contributed by atoms with E-state index in [0.29, 0.717) is 6.42 Å². The lowest BCUT2D eigenvalue weighted by Crippen LogP contribution is -2.46. The maximum Gasteiger partial charge on any atom is 0.434 e. The van der Waals surface area contributed by atoms with Crippen LogP contribution < -0.4 is 10.1 Å². The predicted octanol–water partition coefficient (Wildman–Crippen LogP) is 4.23. The highest BCUT2D eigenvalue weighted by atomic mass is 19.4. The molecule has 1 unspecified atom stereocenters. The van der Waals surface area contributed by atoms with Crippen LogP contribution in [0, 0.1) is 0 Å². The Morgan fingerprint density at radius 2 is 1.57 bits per heavy atom. The van der Waals surface area contributed by atoms with E-state index in [1.165, 1.54) is 18.2 Å². The molecule has 1 aromatic rings. The monoisotopic (exact) mass is 315 g/mol. The quantitative estimate of drug-likeness (QED) is 0.821. The molecule has 0 aliphatic carbocycles. The topological polar surface area (TPSA) is 21.3 Å². The van der Waals surface area contributed by atoms with Crippen LogP contribution in [0.2, 0.25) is 0 Å². The standard InChI is InChI=1S/C13H15F6NO/c1-3-9(20-2)8-6-4-5-7-10(8)21-11(12(14,15)16)13(17,18)19/h4-7,9,11,20H,3H2,1-2H3. The van der Waals surface area contributed by atoms with Crippen LogP contribution in [0.1, 0.15) is 24.9 Å². The summed E-state index contributed by atoms with van der Waals surface area (Å²) in [6.07, 6.45) is -14.4. The van der Waals surface area contributed by atoms with Crippen molar-refractivity contribution in [2.45, 2.75) is 37.8 Å². The molecule has 1 N–H and O–H groups in total. The molecule has 0 saturated carbocycles. The number of alkyl halides is 6. The molecular formula is C13H15F6NO. The van der Waals surface area contributed by atoms with Gasteiger partial charge in [-0.05, 0) is 19.5 Å². The van der Waals surface area contributed by atoms with Gasteiger partial charge in [-0.25, -0.2) is 0 Å². The van der Waals surface area contributed by atoms with E-state index in [4.69, 9.17) is 0 Å². The minimum atomic E-state index is -5.54. The van der Waals surface area contributed by atoms with Crippen molar-refractivity contribution in [3.8, 4) is 5.75 Å². The Labute approximate surface area is 118 Å². The summed E-state index contributed by atoms with van der Waals surface area (Å²) in [4.78, 5) is 0. The van der Waals surface area contributed by atoms with Gasteiger partial charge in [0, 0.05) is 11.6 Å². The van der Waals surface area contributed by atoms with Crippen molar-refractivity contribution in [3.63, 3.8) is 0 Å². The minimum Gasteiger partial charge on any atom is -0.471 e. The lowest BCUT2D eigenvalue weighted by molar-refractivity contribution is -0.300. The van der Waals surface area contributed by atoms with Gasteiger partial charge < -0.3 is 10.1 Å². The summed E-state index contributed by atoms with van der Waals surface area (Å²) in [7, 11) is 1.57. The molecule has 2 nitrogen and oxygen atoms in total. The fourth-order valence-electron chi connectivity index (χ4n) is 1.90. The van der Waals surface area contributed by atoms with Crippen LogP contribution in [0.25, 0.3) is 0 Å². The molecule has 0 heterocycles. The van der Waals surface area contributed by atoms with E-state index in [-0.39, 0.29) is 5.56 Å². The van der Waals surface area contributed by atoms with Gasteiger partial charge >= 0.3 is 12.4 Å². The van der Waals surface area contributed by atoms with Crippen LogP contribution in [-0.2, 0) is 0 Å². The molecule has 1 aromatic carbocycles. The van der Waals surface area contributed by atoms with Crippen LogP contribution in [0.3, 0.4) is 0 Å². The van der Waals surface area contributed by atoms with Crippen LogP contribution in [0.5, 0.6) is 5.75 Å². The van der Waals surface area contributed by atoms with E-state index in [1.54, 1.807) is 14.0 Å². The van der Waals surface area contributed by atoms with Crippen LogP contribution in [0.4, 0.5) is 26.3 Å². The normalized spacial score (nSPS) is 14.3. The molecule has 0 aromatic heterocycles. The molecule has 0 fully saturated rings. The third-order valence-electron chi connectivity index (χ3n) is 2.89. The van der Waals surface area contributed by atoms with Gasteiger partial charge in [0.2, 0.25) is 0 Å². The van der Waals surface area contributed by atoms with Crippen molar-refractivity contribution in [2.24, 2.45) is 0 Å². The number of halogens is 6. The number of rotatable bonds is 5. The summed E-state index contributed by atoms with van der Waals surface area (Å²) in [6.45, 7) is 1.75. The van der Waals surface area contributed by atoms with Gasteiger partial charge in [-0.15, -0.1) is 0 Å². The SMILES string of the molecule is CCC(NC)c1ccccc1OC(C(F)(F)F)C(F)(F)F. The molecular weight excluding hydrogens is 300 g/mol. The molecule has 1 rings (SSSR count). The van der Waals surface area contributed by atoms with Gasteiger partial charge in [0.1, 0.15) is 5.75 Å². The maximum absolute atomic E-state index is 12.5. The van der Waals surface area contributed by atoms with Crippen molar-refractivity contribution in [1.29, 1.82) is 0 Å². The summed E-state index contributed by atoms with van der Waals surface area (Å²) in [5.41, 5.74) is 0.251. The summed E-state index contributed by atoms with van der Waals surface area (Å²) < 4.78 is 79.5. The minimum absolute atomic E-state index is 0.251. The summed E-state index contributed by atoms with van der Waals surface area (Å²) >= 11 is 0. The summed E-state index contributed by atoms with van der Waals surface area (Å²) in [5, 5.41) is 2.82. The second-order valence-electron chi connectivity index (χ2n) is 4.37. The first-order valence-corrected chi connectivity index (χ1v) is 6.17. The second-order valence-corrected chi connectivity index (χ2v) is 4.37. The van der Waals surface area contributed by atoms with E-state index in [2.05, 4.69) is 10.1 Å². The molecule has 1 atom stereocenters. The third kappa shape index (κ3) is 4.52. The average Bonchev–Trinajstić information content (AvgIpc) is 2.36. The summed E-state index contributed by atoms with van der Waals surface area (Å²) in [6, 6.07) is 4.98. The Morgan fingerprint density at radius 1 is 1.05 bits per heavy atom. The largest absolute Gasteiger partial charge is 0.471 e. The van der Waals surface area contributed by atoms with Crippen molar-refractivity contribution in [1.82, 2.24) is 5.32 Å². The molecule has 120 valence electrons. The van der Waals surface area contributed by atoms with Crippen molar-refractivity contribution in [2.75, 3.05) is 7.05 Å². The van der Waals surface area contributed by atoms with Gasteiger partial charge in [-0.3, -0.25) is 0 Å². The molecule has 0 spiro atoms. The van der Waals surface area contributed by atoms with E-state index >= 15 is 0 Å². The number of nitrogens with one attached hydrogen (secondary N) is 1. The van der Waals surface area contributed by atoms with E-state index in [1.807, 2.05) is 0 Å². The molecule has 0 bridgehead atoms. The summed E-state index contributed by atoms with van der Waals surface area (Å²) in [5.74, 6) is -0.432. The van der Waals surface area contributed by atoms with Gasteiger partial charge in [0.15, 0.2) is 0 Å². The van der Waals surface area contributed by atoms with Crippen molar-refractivity contribution < 1.29 is 31.1 Å². The number of para-hydroxylation sites is 1. The second kappa shape index (κ2) is 6.55. The van der Waals surface area contributed by atoms with Crippen molar-refractivity contribution in [3.05, 3.63) is 29.8 Å². The Balaban J connectivity index is 3.16. The average molecular weight is 315 g/mol. The van der Waals surface area contributed by atoms with Gasteiger partial charge in [-0.1, -0.05) is 25.1 Å². The number of ether oxygens (including phenoxy) is 1. The van der Waals surface area contributed by atoms with E-state index in [9.17, 15) is 26.3 Å². The fourth-order valence-corrected chi connectivity index (χ4v) is 1.90. The van der Waals surface area contributed by atoms with Crippen molar-refractivity contribution >= 4 is 0 Å². The number of benzene rings is 1. The molecule has 0 aliphatic rings. The highest BCUT2D eigenvalue weighted by molar-refractivity contribution is 5.36. The first-order chi connectivity index (χ1) is 9.61. The van der Waals surface area contributed by atoms with Crippen LogP contribution in [0.15, 0.2) is 24.3 Å². The number of hydrogen-bond donors (Lipinski definition) is 1. The molecule has 0 amide bonds. The van der Waals surface area contributed by atoms with Crippen LogP contribution in [-0.4, -0.2) is 25.5 Å². The number of hydrogen-bond acceptors (Lipinski definition) is 2. The molecule has 0 saturated heterocycles. The zero-order valence-corrected chi connectivity index (χ0v) is 11.3. The Kier molecular flexibility index (Phi) is 5.49. The molecule has 0 aliphatic heterocycles. The molecule has 8 heteroatoms. The first kappa shape index (κ1) is 17.6. The molecule has 21 heavy (non-hydrogen) atoms. The Hall–Kier alpha value is -1.44. The van der Waals surface area contributed by atoms with Crippen LogP contribution >= 0.6 is 0 Å². The van der Waals surface area contributed by atoms with E-state index in [0.717, 1.165) is 6.07 Å². The Morgan fingerprint density at radius 3 is 2.00 bits per heavy atom. The zero-order chi connectivity index (χ0) is 16.3. The third-order valence-corrected chi connectivity index (χ3v) is 2.89. The highest BCUT2D eigenvalue weighted by Gasteiger charge is 2.59. The fraction of sp³-hybridized carbons (Fsp3) is 0.538. The van der Waals surface area contributed by atoms with Gasteiger partial charge in [-0.2, -0.15) is 26.3 Å². The van der Waals surface area contributed by atoms with Gasteiger partial charge in [0.05, 0.1) is 0 Å². The Bertz CT molecular complexity index is 439. The lowest BCUT2D eigenvalue weighted by atomic mass is 10.0. The predicted molar refractivity (Wildman–Crippen MR) is 65.1 cm³/mol. The first-order valence-electron chi connectivity index (χ1n) is 6.17.